The maximum absolute atomic E-state index is 5.73. The average Bonchev–Trinajstić information content (AvgIpc) is 2.20. The van der Waals surface area contributed by atoms with E-state index in [2.05, 4.69) is 6.92 Å². The minimum atomic E-state index is 0.716. The summed E-state index contributed by atoms with van der Waals surface area (Å²) >= 11 is 1.91. The van der Waals surface area contributed by atoms with Crippen molar-refractivity contribution in [2.75, 3.05) is 23.8 Å². The highest BCUT2D eigenvalue weighted by Crippen LogP contribution is 2.19. The molecule has 3 heteroatoms. The van der Waals surface area contributed by atoms with Crippen LogP contribution in [0.2, 0.25) is 0 Å². The predicted octanol–water partition coefficient (Wildman–Crippen LogP) is 2.79. The number of hydrogen-bond acceptors (Lipinski definition) is 3. The second kappa shape index (κ2) is 6.60. The molecule has 1 rings (SSSR count). The number of para-hydroxylation sites is 2. The van der Waals surface area contributed by atoms with E-state index in [4.69, 9.17) is 10.5 Å². The smallest absolute Gasteiger partial charge is 0.142 e. The molecule has 78 valence electrons. The summed E-state index contributed by atoms with van der Waals surface area (Å²) in [6.45, 7) is 2.92. The summed E-state index contributed by atoms with van der Waals surface area (Å²) in [4.78, 5) is 0. The van der Waals surface area contributed by atoms with Gasteiger partial charge in [-0.05, 0) is 24.3 Å². The lowest BCUT2D eigenvalue weighted by Crippen LogP contribution is -2.02. The first kappa shape index (κ1) is 11.2. The first-order valence-electron chi connectivity index (χ1n) is 4.89. The standard InChI is InChI=1S/C11H17NOS/c1-2-8-14-9-7-13-11-6-4-3-5-10(11)12/h3-6H,2,7-9,12H2,1H3. The van der Waals surface area contributed by atoms with Crippen LogP contribution in [-0.2, 0) is 0 Å². The molecule has 0 saturated heterocycles. The van der Waals surface area contributed by atoms with Crippen LogP contribution in [0, 0.1) is 0 Å². The number of anilines is 1. The summed E-state index contributed by atoms with van der Waals surface area (Å²) in [5, 5.41) is 0. The molecule has 0 spiro atoms. The molecule has 1 aromatic carbocycles. The molecular formula is C11H17NOS. The first-order chi connectivity index (χ1) is 6.84. The van der Waals surface area contributed by atoms with Gasteiger partial charge in [-0.15, -0.1) is 0 Å². The number of nitrogens with two attached hydrogens (primary N) is 1. The molecule has 2 N–H and O–H groups in total. The van der Waals surface area contributed by atoms with E-state index >= 15 is 0 Å². The molecule has 0 bridgehead atoms. The molecule has 0 aromatic heterocycles. The molecule has 1 aromatic rings. The van der Waals surface area contributed by atoms with Crippen LogP contribution in [0.3, 0.4) is 0 Å². The normalized spacial score (nSPS) is 10.1. The zero-order valence-corrected chi connectivity index (χ0v) is 9.35. The van der Waals surface area contributed by atoms with Crippen LogP contribution in [-0.4, -0.2) is 18.1 Å². The second-order valence-corrected chi connectivity index (χ2v) is 4.22. The van der Waals surface area contributed by atoms with Gasteiger partial charge in [-0.3, -0.25) is 0 Å². The Morgan fingerprint density at radius 1 is 1.29 bits per heavy atom. The molecule has 0 heterocycles. The van der Waals surface area contributed by atoms with Gasteiger partial charge < -0.3 is 10.5 Å². The fraction of sp³-hybridized carbons (Fsp3) is 0.455. The number of thioether (sulfide) groups is 1. The van der Waals surface area contributed by atoms with E-state index in [-0.39, 0.29) is 0 Å². The van der Waals surface area contributed by atoms with Crippen LogP contribution in [0.1, 0.15) is 13.3 Å². The predicted molar refractivity (Wildman–Crippen MR) is 64.0 cm³/mol. The molecule has 0 amide bonds. The van der Waals surface area contributed by atoms with E-state index in [0.29, 0.717) is 5.69 Å². The molecule has 0 aliphatic rings. The zero-order valence-electron chi connectivity index (χ0n) is 8.53. The monoisotopic (exact) mass is 211 g/mol. The van der Waals surface area contributed by atoms with Gasteiger partial charge in [0.25, 0.3) is 0 Å². The van der Waals surface area contributed by atoms with E-state index in [1.165, 1.54) is 12.2 Å². The highest BCUT2D eigenvalue weighted by Gasteiger charge is 1.97. The average molecular weight is 211 g/mol. The van der Waals surface area contributed by atoms with Crippen molar-refractivity contribution in [1.82, 2.24) is 0 Å². The Kier molecular flexibility index (Phi) is 5.30. The maximum Gasteiger partial charge on any atom is 0.142 e. The van der Waals surface area contributed by atoms with Crippen molar-refractivity contribution >= 4 is 17.4 Å². The number of benzene rings is 1. The quantitative estimate of drug-likeness (QED) is 0.580. The Morgan fingerprint density at radius 3 is 2.79 bits per heavy atom. The van der Waals surface area contributed by atoms with Gasteiger partial charge in [0.05, 0.1) is 12.3 Å². The molecule has 0 aliphatic carbocycles. The molecule has 0 unspecified atom stereocenters. The van der Waals surface area contributed by atoms with Crippen LogP contribution in [0.4, 0.5) is 5.69 Å². The van der Waals surface area contributed by atoms with Gasteiger partial charge in [-0.1, -0.05) is 19.1 Å². The first-order valence-corrected chi connectivity index (χ1v) is 6.05. The summed E-state index contributed by atoms with van der Waals surface area (Å²) in [7, 11) is 0. The van der Waals surface area contributed by atoms with Gasteiger partial charge in [-0.2, -0.15) is 11.8 Å². The van der Waals surface area contributed by atoms with Crippen molar-refractivity contribution in [3.05, 3.63) is 24.3 Å². The minimum Gasteiger partial charge on any atom is -0.491 e. The van der Waals surface area contributed by atoms with Gasteiger partial charge in [0.15, 0.2) is 0 Å². The van der Waals surface area contributed by atoms with Gasteiger partial charge in [0.2, 0.25) is 0 Å². The molecule has 0 aliphatic heterocycles. The van der Waals surface area contributed by atoms with E-state index in [1.54, 1.807) is 0 Å². The summed E-state index contributed by atoms with van der Waals surface area (Å²) in [5.41, 5.74) is 6.45. The van der Waals surface area contributed by atoms with Crippen LogP contribution >= 0.6 is 11.8 Å². The van der Waals surface area contributed by atoms with Gasteiger partial charge >= 0.3 is 0 Å². The van der Waals surface area contributed by atoms with E-state index in [1.807, 2.05) is 36.0 Å². The molecule has 0 saturated carbocycles. The molecule has 0 radical (unpaired) electrons. The molecule has 2 nitrogen and oxygen atoms in total. The van der Waals surface area contributed by atoms with Crippen molar-refractivity contribution in [3.8, 4) is 5.75 Å². The van der Waals surface area contributed by atoms with Gasteiger partial charge in [-0.25, -0.2) is 0 Å². The Balaban J connectivity index is 2.21. The fourth-order valence-corrected chi connectivity index (χ4v) is 1.76. The largest absolute Gasteiger partial charge is 0.491 e. The molecule has 0 fully saturated rings. The fourth-order valence-electron chi connectivity index (χ4n) is 1.07. The Morgan fingerprint density at radius 2 is 2.07 bits per heavy atom. The van der Waals surface area contributed by atoms with Crippen LogP contribution in [0.5, 0.6) is 5.75 Å². The number of nitrogen functional groups attached to an aromatic ring is 1. The summed E-state index contributed by atoms with van der Waals surface area (Å²) in [6.07, 6.45) is 1.22. The lowest BCUT2D eigenvalue weighted by Gasteiger charge is -2.07. The lowest BCUT2D eigenvalue weighted by atomic mass is 10.3. The highest BCUT2D eigenvalue weighted by atomic mass is 32.2. The van der Waals surface area contributed by atoms with Gasteiger partial charge in [0, 0.05) is 5.75 Å². The Bertz CT molecular complexity index is 265. The molecular weight excluding hydrogens is 194 g/mol. The Labute approximate surface area is 89.8 Å². The van der Waals surface area contributed by atoms with Crippen LogP contribution in [0.15, 0.2) is 24.3 Å². The summed E-state index contributed by atoms with van der Waals surface area (Å²) < 4.78 is 5.54. The summed E-state index contributed by atoms with van der Waals surface area (Å²) in [5.74, 6) is 3.03. The van der Waals surface area contributed by atoms with E-state index < -0.39 is 0 Å². The van der Waals surface area contributed by atoms with Crippen molar-refractivity contribution in [3.63, 3.8) is 0 Å². The van der Waals surface area contributed by atoms with E-state index in [9.17, 15) is 0 Å². The van der Waals surface area contributed by atoms with Crippen molar-refractivity contribution < 1.29 is 4.74 Å². The van der Waals surface area contributed by atoms with E-state index in [0.717, 1.165) is 18.1 Å². The Hall–Kier alpha value is -0.830. The topological polar surface area (TPSA) is 35.2 Å². The maximum atomic E-state index is 5.73. The van der Waals surface area contributed by atoms with Crippen LogP contribution in [0.25, 0.3) is 0 Å². The number of ether oxygens (including phenoxy) is 1. The highest BCUT2D eigenvalue weighted by molar-refractivity contribution is 7.99. The van der Waals surface area contributed by atoms with Crippen LogP contribution < -0.4 is 10.5 Å². The third-order valence-electron chi connectivity index (χ3n) is 1.75. The lowest BCUT2D eigenvalue weighted by molar-refractivity contribution is 0.346. The van der Waals surface area contributed by atoms with Gasteiger partial charge in [0.1, 0.15) is 5.75 Å². The van der Waals surface area contributed by atoms with Crippen molar-refractivity contribution in [2.24, 2.45) is 0 Å². The summed E-state index contributed by atoms with van der Waals surface area (Å²) in [6, 6.07) is 7.60. The molecule has 0 atom stereocenters. The zero-order chi connectivity index (χ0) is 10.2. The number of hydrogen-bond donors (Lipinski definition) is 1. The van der Waals surface area contributed by atoms with Crippen molar-refractivity contribution in [1.29, 1.82) is 0 Å². The third-order valence-corrected chi connectivity index (χ3v) is 2.90. The van der Waals surface area contributed by atoms with Crippen molar-refractivity contribution in [2.45, 2.75) is 13.3 Å². The molecule has 14 heavy (non-hydrogen) atoms. The second-order valence-electron chi connectivity index (χ2n) is 3.00. The number of rotatable bonds is 6. The third kappa shape index (κ3) is 3.92. The minimum absolute atomic E-state index is 0.716. The SMILES string of the molecule is CCCSCCOc1ccccc1N.